The summed E-state index contributed by atoms with van der Waals surface area (Å²) in [5, 5.41) is 3.70. The zero-order valence-corrected chi connectivity index (χ0v) is 13.9. The Kier molecular flexibility index (Phi) is 8.13. The highest BCUT2D eigenvalue weighted by Crippen LogP contribution is 2.27. The van der Waals surface area contributed by atoms with Crippen molar-refractivity contribution in [3.8, 4) is 0 Å². The molecule has 0 saturated heterocycles. The lowest BCUT2D eigenvalue weighted by Crippen LogP contribution is -2.48. The van der Waals surface area contributed by atoms with Crippen LogP contribution in [0.4, 0.5) is 0 Å². The van der Waals surface area contributed by atoms with Crippen LogP contribution in [0, 0.1) is 5.41 Å². The molecule has 18 heavy (non-hydrogen) atoms. The highest BCUT2D eigenvalue weighted by atomic mass is 15.1. The largest absolute Gasteiger partial charge is 0.311 e. The zero-order valence-electron chi connectivity index (χ0n) is 13.9. The number of hydrogen-bond acceptors (Lipinski definition) is 2. The molecule has 0 aliphatic carbocycles. The first-order valence-corrected chi connectivity index (χ1v) is 7.72. The third kappa shape index (κ3) is 7.38. The Morgan fingerprint density at radius 1 is 1.00 bits per heavy atom. The minimum atomic E-state index is 0.220. The molecule has 0 aromatic carbocycles. The van der Waals surface area contributed by atoms with E-state index in [0.29, 0.717) is 5.41 Å². The number of nitrogens with one attached hydrogen (secondary N) is 1. The van der Waals surface area contributed by atoms with Gasteiger partial charge >= 0.3 is 0 Å². The van der Waals surface area contributed by atoms with Crippen LogP contribution < -0.4 is 5.32 Å². The van der Waals surface area contributed by atoms with E-state index in [0.717, 1.165) is 6.54 Å². The first-order chi connectivity index (χ1) is 8.28. The highest BCUT2D eigenvalue weighted by Gasteiger charge is 2.28. The standard InChI is InChI=1S/C16H36N2/c1-8-11-12-18(7)14-16(9-2,10-3)13-17-15(4,5)6/h17H,8-14H2,1-7H3. The molecule has 0 saturated carbocycles. The number of hydrogen-bond donors (Lipinski definition) is 1. The van der Waals surface area contributed by atoms with Crippen molar-refractivity contribution in [1.82, 2.24) is 10.2 Å². The van der Waals surface area contributed by atoms with Gasteiger partial charge < -0.3 is 10.2 Å². The van der Waals surface area contributed by atoms with Gasteiger partial charge in [-0.15, -0.1) is 0 Å². The van der Waals surface area contributed by atoms with Crippen LogP contribution in [0.2, 0.25) is 0 Å². The molecule has 1 N–H and O–H groups in total. The Labute approximate surface area is 116 Å². The molecular formula is C16H36N2. The molecule has 0 unspecified atom stereocenters. The molecule has 0 spiro atoms. The van der Waals surface area contributed by atoms with Gasteiger partial charge in [0.2, 0.25) is 0 Å². The summed E-state index contributed by atoms with van der Waals surface area (Å²) in [7, 11) is 2.27. The molecule has 0 aliphatic rings. The van der Waals surface area contributed by atoms with Gasteiger partial charge in [-0.1, -0.05) is 27.2 Å². The summed E-state index contributed by atoms with van der Waals surface area (Å²) in [5.74, 6) is 0. The van der Waals surface area contributed by atoms with Crippen molar-refractivity contribution in [3.05, 3.63) is 0 Å². The Morgan fingerprint density at radius 2 is 1.56 bits per heavy atom. The third-order valence-electron chi connectivity index (χ3n) is 3.99. The first kappa shape index (κ1) is 17.9. The average molecular weight is 256 g/mol. The van der Waals surface area contributed by atoms with E-state index in [2.05, 4.69) is 58.8 Å². The fourth-order valence-corrected chi connectivity index (χ4v) is 2.31. The van der Waals surface area contributed by atoms with E-state index in [1.165, 1.54) is 38.8 Å². The van der Waals surface area contributed by atoms with Gasteiger partial charge in [-0.25, -0.2) is 0 Å². The summed E-state index contributed by atoms with van der Waals surface area (Å²) in [4.78, 5) is 2.51. The van der Waals surface area contributed by atoms with Crippen molar-refractivity contribution in [1.29, 1.82) is 0 Å². The summed E-state index contributed by atoms with van der Waals surface area (Å²) < 4.78 is 0. The second-order valence-electron chi connectivity index (χ2n) is 6.90. The number of unbranched alkanes of at least 4 members (excludes halogenated alkanes) is 1. The maximum atomic E-state index is 3.70. The summed E-state index contributed by atoms with van der Waals surface area (Å²) in [6.45, 7) is 17.3. The van der Waals surface area contributed by atoms with Gasteiger partial charge in [-0.3, -0.25) is 0 Å². The Morgan fingerprint density at radius 3 is 1.94 bits per heavy atom. The Balaban J connectivity index is 4.41. The molecule has 0 radical (unpaired) electrons. The van der Waals surface area contributed by atoms with Gasteiger partial charge in [0.05, 0.1) is 0 Å². The fraction of sp³-hybridized carbons (Fsp3) is 1.00. The smallest absolute Gasteiger partial charge is 0.00967 e. The molecule has 0 atom stereocenters. The molecule has 0 amide bonds. The third-order valence-corrected chi connectivity index (χ3v) is 3.99. The summed E-state index contributed by atoms with van der Waals surface area (Å²) in [5.41, 5.74) is 0.646. The lowest BCUT2D eigenvalue weighted by Gasteiger charge is -2.38. The Hall–Kier alpha value is -0.0800. The SMILES string of the molecule is CCCCN(C)CC(CC)(CC)CNC(C)(C)C. The van der Waals surface area contributed by atoms with E-state index in [9.17, 15) is 0 Å². The topological polar surface area (TPSA) is 15.3 Å². The van der Waals surface area contributed by atoms with Crippen molar-refractivity contribution in [2.45, 2.75) is 72.8 Å². The molecule has 110 valence electrons. The number of nitrogens with zero attached hydrogens (tertiary/aromatic N) is 1. The van der Waals surface area contributed by atoms with Crippen LogP contribution in [-0.2, 0) is 0 Å². The summed E-state index contributed by atoms with van der Waals surface area (Å²) in [6, 6.07) is 0. The van der Waals surface area contributed by atoms with E-state index in [4.69, 9.17) is 0 Å². The van der Waals surface area contributed by atoms with Gasteiger partial charge in [-0.05, 0) is 59.0 Å². The highest BCUT2D eigenvalue weighted by molar-refractivity contribution is 4.85. The summed E-state index contributed by atoms with van der Waals surface area (Å²) >= 11 is 0. The predicted octanol–water partition coefficient (Wildman–Crippen LogP) is 3.91. The van der Waals surface area contributed by atoms with Crippen molar-refractivity contribution in [2.24, 2.45) is 5.41 Å². The van der Waals surface area contributed by atoms with Crippen LogP contribution in [0.1, 0.15) is 67.2 Å². The molecule has 2 heteroatoms. The van der Waals surface area contributed by atoms with Gasteiger partial charge in [0.25, 0.3) is 0 Å². The lowest BCUT2D eigenvalue weighted by molar-refractivity contribution is 0.143. The van der Waals surface area contributed by atoms with Crippen molar-refractivity contribution in [3.63, 3.8) is 0 Å². The minimum Gasteiger partial charge on any atom is -0.311 e. The molecule has 0 aliphatic heterocycles. The Bertz CT molecular complexity index is 202. The van der Waals surface area contributed by atoms with Crippen molar-refractivity contribution < 1.29 is 0 Å². The van der Waals surface area contributed by atoms with E-state index in [-0.39, 0.29) is 5.54 Å². The molecule has 0 bridgehead atoms. The lowest BCUT2D eigenvalue weighted by atomic mass is 9.81. The molecule has 0 rings (SSSR count). The molecule has 0 aromatic heterocycles. The van der Waals surface area contributed by atoms with E-state index < -0.39 is 0 Å². The van der Waals surface area contributed by atoms with Crippen LogP contribution in [0.5, 0.6) is 0 Å². The van der Waals surface area contributed by atoms with Gasteiger partial charge in [0, 0.05) is 18.6 Å². The van der Waals surface area contributed by atoms with E-state index in [1.54, 1.807) is 0 Å². The minimum absolute atomic E-state index is 0.220. The maximum absolute atomic E-state index is 3.70. The van der Waals surface area contributed by atoms with Crippen molar-refractivity contribution >= 4 is 0 Å². The molecule has 0 aromatic rings. The zero-order chi connectivity index (χ0) is 14.2. The second kappa shape index (κ2) is 8.16. The van der Waals surface area contributed by atoms with Crippen LogP contribution in [0.3, 0.4) is 0 Å². The first-order valence-electron chi connectivity index (χ1n) is 7.72. The van der Waals surface area contributed by atoms with E-state index >= 15 is 0 Å². The summed E-state index contributed by atoms with van der Waals surface area (Å²) in [6.07, 6.45) is 5.11. The maximum Gasteiger partial charge on any atom is 0.00967 e. The second-order valence-corrected chi connectivity index (χ2v) is 6.90. The molecule has 2 nitrogen and oxygen atoms in total. The molecular weight excluding hydrogens is 220 g/mol. The van der Waals surface area contributed by atoms with Crippen molar-refractivity contribution in [2.75, 3.05) is 26.7 Å². The number of rotatable bonds is 9. The van der Waals surface area contributed by atoms with Crippen LogP contribution in [0.25, 0.3) is 0 Å². The van der Waals surface area contributed by atoms with E-state index in [1.807, 2.05) is 0 Å². The quantitative estimate of drug-likeness (QED) is 0.673. The van der Waals surface area contributed by atoms with Crippen LogP contribution in [-0.4, -0.2) is 37.1 Å². The predicted molar refractivity (Wildman–Crippen MR) is 83.2 cm³/mol. The van der Waals surface area contributed by atoms with Gasteiger partial charge in [0.15, 0.2) is 0 Å². The van der Waals surface area contributed by atoms with Gasteiger partial charge in [0.1, 0.15) is 0 Å². The van der Waals surface area contributed by atoms with Gasteiger partial charge in [-0.2, -0.15) is 0 Å². The van der Waals surface area contributed by atoms with Crippen LogP contribution in [0.15, 0.2) is 0 Å². The average Bonchev–Trinajstić information content (AvgIpc) is 2.31. The normalized spacial score (nSPS) is 13.3. The molecule has 0 heterocycles. The fourth-order valence-electron chi connectivity index (χ4n) is 2.31. The molecule has 0 fully saturated rings. The monoisotopic (exact) mass is 256 g/mol. The van der Waals surface area contributed by atoms with Crippen LogP contribution >= 0.6 is 0 Å².